The van der Waals surface area contributed by atoms with Gasteiger partial charge in [-0.1, -0.05) is 151 Å². The lowest BCUT2D eigenvalue weighted by Crippen LogP contribution is -2.16. The summed E-state index contributed by atoms with van der Waals surface area (Å²) in [6, 6.07) is 0. The van der Waals surface area contributed by atoms with E-state index in [-0.39, 0.29) is 18.5 Å². The lowest BCUT2D eigenvalue weighted by Gasteiger charge is -2.14. The van der Waals surface area contributed by atoms with E-state index < -0.39 is 5.97 Å². The molecule has 0 aromatic rings. The Morgan fingerprint density at radius 1 is 0.500 bits per heavy atom. The summed E-state index contributed by atoms with van der Waals surface area (Å²) in [6.45, 7) is 4.39. The van der Waals surface area contributed by atoms with Crippen LogP contribution in [-0.4, -0.2) is 23.1 Å². The van der Waals surface area contributed by atoms with Crippen LogP contribution in [0.4, 0.5) is 0 Å². The first kappa shape index (κ1) is 45.1. The fourth-order valence-corrected chi connectivity index (χ4v) is 5.22. The molecule has 0 aliphatic rings. The smallest absolute Gasteiger partial charge is 0.306 e. The summed E-state index contributed by atoms with van der Waals surface area (Å²) in [5.41, 5.74) is 0. The molecule has 272 valence electrons. The molecule has 0 aliphatic carbocycles. The number of carbonyl (C=O) groups is 2. The molecule has 0 spiro atoms. The van der Waals surface area contributed by atoms with Crippen molar-refractivity contribution < 1.29 is 19.4 Å². The van der Waals surface area contributed by atoms with E-state index in [1.54, 1.807) is 0 Å². The second-order valence-electron chi connectivity index (χ2n) is 12.7. The fraction of sp³-hybridized carbons (Fsp3) is 0.636. The minimum atomic E-state index is -0.720. The van der Waals surface area contributed by atoms with E-state index in [1.807, 2.05) is 0 Å². The molecule has 0 aromatic heterocycles. The standard InChI is InChI=1S/C44H72O4/c1-3-5-7-9-11-13-15-16-17-18-19-20-21-22-24-26-28-33-37-41-44(47)48-42(39-35-31-29-32-36-40-43(45)46)38-34-30-27-25-23-14-12-10-8-6-4-2/h5,7,11-14,16-17,19-20,25,27,34,38,42H,3-4,6,8-10,15,18,21-24,26,28-33,35-37,39-41H2,1-2H3,(H,45,46)/b7-5-,13-11-,14-12-,17-16-,20-19-,27-25-,38-34-. The van der Waals surface area contributed by atoms with E-state index in [0.29, 0.717) is 6.42 Å². The van der Waals surface area contributed by atoms with Crippen LogP contribution in [0.15, 0.2) is 85.1 Å². The summed E-state index contributed by atoms with van der Waals surface area (Å²) in [5.74, 6) is -0.809. The number of carboxylic acids is 1. The predicted octanol–water partition coefficient (Wildman–Crippen LogP) is 13.7. The molecule has 4 heteroatoms. The van der Waals surface area contributed by atoms with Gasteiger partial charge in [0.15, 0.2) is 0 Å². The maximum absolute atomic E-state index is 12.6. The molecule has 0 aromatic carbocycles. The Morgan fingerprint density at radius 3 is 1.48 bits per heavy atom. The third-order valence-corrected chi connectivity index (χ3v) is 8.09. The normalized spacial score (nSPS) is 13.2. The fourth-order valence-electron chi connectivity index (χ4n) is 5.22. The van der Waals surface area contributed by atoms with E-state index in [2.05, 4.69) is 98.9 Å². The van der Waals surface area contributed by atoms with Gasteiger partial charge in [-0.05, 0) is 96.0 Å². The largest absolute Gasteiger partial charge is 0.481 e. The second kappa shape index (κ2) is 38.6. The van der Waals surface area contributed by atoms with Crippen LogP contribution in [0.3, 0.4) is 0 Å². The third-order valence-electron chi connectivity index (χ3n) is 8.09. The van der Waals surface area contributed by atoms with Gasteiger partial charge in [-0.2, -0.15) is 0 Å². The Bertz CT molecular complexity index is 934. The number of esters is 1. The molecule has 0 amide bonds. The number of hydrogen-bond acceptors (Lipinski definition) is 3. The second-order valence-corrected chi connectivity index (χ2v) is 12.7. The number of hydrogen-bond donors (Lipinski definition) is 1. The van der Waals surface area contributed by atoms with Crippen LogP contribution < -0.4 is 0 Å². The van der Waals surface area contributed by atoms with Crippen molar-refractivity contribution in [2.45, 2.75) is 180 Å². The van der Waals surface area contributed by atoms with E-state index in [0.717, 1.165) is 96.3 Å². The van der Waals surface area contributed by atoms with Crippen molar-refractivity contribution in [1.82, 2.24) is 0 Å². The molecular weight excluding hydrogens is 592 g/mol. The van der Waals surface area contributed by atoms with Crippen molar-refractivity contribution in [3.05, 3.63) is 85.1 Å². The van der Waals surface area contributed by atoms with Crippen molar-refractivity contribution >= 4 is 11.9 Å². The van der Waals surface area contributed by atoms with Gasteiger partial charge in [-0.25, -0.2) is 0 Å². The summed E-state index contributed by atoms with van der Waals surface area (Å²) in [5, 5.41) is 8.81. The Morgan fingerprint density at radius 2 is 0.938 bits per heavy atom. The zero-order chi connectivity index (χ0) is 35.0. The number of ether oxygens (including phenoxy) is 1. The molecule has 4 nitrogen and oxygen atoms in total. The minimum Gasteiger partial charge on any atom is -0.481 e. The topological polar surface area (TPSA) is 63.6 Å². The molecule has 0 saturated carbocycles. The monoisotopic (exact) mass is 665 g/mol. The van der Waals surface area contributed by atoms with Gasteiger partial charge in [0.2, 0.25) is 0 Å². The number of allylic oxidation sites excluding steroid dienone is 13. The third kappa shape index (κ3) is 37.6. The highest BCUT2D eigenvalue weighted by Crippen LogP contribution is 2.15. The summed E-state index contributed by atoms with van der Waals surface area (Å²) < 4.78 is 5.88. The molecule has 0 rings (SSSR count). The van der Waals surface area contributed by atoms with Crippen LogP contribution in [0.2, 0.25) is 0 Å². The number of rotatable bonds is 34. The molecule has 0 radical (unpaired) electrons. The molecule has 48 heavy (non-hydrogen) atoms. The maximum atomic E-state index is 12.6. The van der Waals surface area contributed by atoms with Crippen LogP contribution in [0.1, 0.15) is 174 Å². The van der Waals surface area contributed by atoms with Gasteiger partial charge < -0.3 is 9.84 Å². The Labute approximate surface area is 296 Å². The zero-order valence-corrected chi connectivity index (χ0v) is 31.0. The number of carboxylic acid groups (broad SMARTS) is 1. The maximum Gasteiger partial charge on any atom is 0.306 e. The lowest BCUT2D eigenvalue weighted by atomic mass is 10.1. The average Bonchev–Trinajstić information content (AvgIpc) is 3.07. The summed E-state index contributed by atoms with van der Waals surface area (Å²) in [6.07, 6.45) is 56.1. The zero-order valence-electron chi connectivity index (χ0n) is 31.0. The molecular formula is C44H72O4. The van der Waals surface area contributed by atoms with Crippen molar-refractivity contribution in [3.8, 4) is 0 Å². The molecule has 1 N–H and O–H groups in total. The van der Waals surface area contributed by atoms with E-state index in [9.17, 15) is 9.59 Å². The van der Waals surface area contributed by atoms with Crippen molar-refractivity contribution in [3.63, 3.8) is 0 Å². The van der Waals surface area contributed by atoms with Gasteiger partial charge in [0, 0.05) is 12.8 Å². The van der Waals surface area contributed by atoms with E-state index in [4.69, 9.17) is 9.84 Å². The summed E-state index contributed by atoms with van der Waals surface area (Å²) in [4.78, 5) is 23.3. The van der Waals surface area contributed by atoms with E-state index >= 15 is 0 Å². The van der Waals surface area contributed by atoms with Crippen LogP contribution in [0.5, 0.6) is 0 Å². The first-order valence-corrected chi connectivity index (χ1v) is 19.6. The van der Waals surface area contributed by atoms with Gasteiger partial charge in [0.1, 0.15) is 6.10 Å². The van der Waals surface area contributed by atoms with E-state index in [1.165, 1.54) is 51.4 Å². The summed E-state index contributed by atoms with van der Waals surface area (Å²) >= 11 is 0. The average molecular weight is 665 g/mol. The quantitative estimate of drug-likeness (QED) is 0.0422. The van der Waals surface area contributed by atoms with Gasteiger partial charge in [0.25, 0.3) is 0 Å². The Balaban J connectivity index is 4.17. The molecule has 0 bridgehead atoms. The van der Waals surface area contributed by atoms with Crippen LogP contribution in [0.25, 0.3) is 0 Å². The highest BCUT2D eigenvalue weighted by molar-refractivity contribution is 5.69. The highest BCUT2D eigenvalue weighted by atomic mass is 16.5. The van der Waals surface area contributed by atoms with Crippen LogP contribution in [0, 0.1) is 0 Å². The van der Waals surface area contributed by atoms with Gasteiger partial charge in [-0.15, -0.1) is 0 Å². The first-order chi connectivity index (χ1) is 23.6. The SMILES string of the molecule is CC/C=C\C/C=C\C/C=C\C/C=C\CCCCCCCCC(=O)OC(/C=C\C/C=C\C/C=C\CCCCC)CCCCCCCC(=O)O. The first-order valence-electron chi connectivity index (χ1n) is 19.6. The van der Waals surface area contributed by atoms with Gasteiger partial charge >= 0.3 is 11.9 Å². The number of unbranched alkanes of at least 4 members (excludes halogenated alkanes) is 13. The van der Waals surface area contributed by atoms with Crippen LogP contribution in [-0.2, 0) is 14.3 Å². The number of aliphatic carboxylic acids is 1. The molecule has 1 atom stereocenters. The predicted molar refractivity (Wildman–Crippen MR) is 208 cm³/mol. The molecule has 0 aliphatic heterocycles. The van der Waals surface area contributed by atoms with Gasteiger partial charge in [-0.3, -0.25) is 9.59 Å². The van der Waals surface area contributed by atoms with Crippen molar-refractivity contribution in [2.24, 2.45) is 0 Å². The van der Waals surface area contributed by atoms with Crippen molar-refractivity contribution in [2.75, 3.05) is 0 Å². The molecule has 0 saturated heterocycles. The lowest BCUT2D eigenvalue weighted by molar-refractivity contribution is -0.147. The minimum absolute atomic E-state index is 0.0887. The van der Waals surface area contributed by atoms with Gasteiger partial charge in [0.05, 0.1) is 0 Å². The highest BCUT2D eigenvalue weighted by Gasteiger charge is 2.11. The Hall–Kier alpha value is -2.88. The molecule has 0 fully saturated rings. The number of carbonyl (C=O) groups excluding carboxylic acids is 1. The summed E-state index contributed by atoms with van der Waals surface area (Å²) in [7, 11) is 0. The Kier molecular flexibility index (Phi) is 36.3. The van der Waals surface area contributed by atoms with Crippen molar-refractivity contribution in [1.29, 1.82) is 0 Å². The molecule has 0 heterocycles. The van der Waals surface area contributed by atoms with Crippen LogP contribution >= 0.6 is 0 Å². The molecule has 1 unspecified atom stereocenters.